The lowest BCUT2D eigenvalue weighted by atomic mass is 9.97. The van der Waals surface area contributed by atoms with Gasteiger partial charge < -0.3 is 16.0 Å². The molecular weight excluding hydrogens is 358 g/mol. The summed E-state index contributed by atoms with van der Waals surface area (Å²) in [5.41, 5.74) is 0.0102. The van der Waals surface area contributed by atoms with E-state index in [0.29, 0.717) is 12.8 Å². The number of piperidine rings is 1. The molecule has 2 rings (SSSR count). The zero-order valence-corrected chi connectivity index (χ0v) is 14.7. The first-order valence-electron chi connectivity index (χ1n) is 7.87. The summed E-state index contributed by atoms with van der Waals surface area (Å²) in [4.78, 5) is 24.0. The lowest BCUT2D eigenvalue weighted by Gasteiger charge is -2.20. The van der Waals surface area contributed by atoms with Gasteiger partial charge in [-0.15, -0.1) is 0 Å². The molecule has 0 aromatic heterocycles. The van der Waals surface area contributed by atoms with Crippen molar-refractivity contribution in [2.24, 2.45) is 11.1 Å². The summed E-state index contributed by atoms with van der Waals surface area (Å²) in [6.07, 6.45) is 2.48. The van der Waals surface area contributed by atoms with Gasteiger partial charge in [0, 0.05) is 17.8 Å². The van der Waals surface area contributed by atoms with Gasteiger partial charge in [-0.2, -0.15) is 5.26 Å². The van der Waals surface area contributed by atoms with Crippen LogP contribution in [0.15, 0.2) is 40.9 Å². The van der Waals surface area contributed by atoms with Crippen molar-refractivity contribution in [2.75, 3.05) is 18.4 Å². The SMILES string of the molecule is N#C/C(=C/NC(=O)C1CCNCC1)C(=O)Nc1ccc(S(N)(=O)=O)cc1. The maximum absolute atomic E-state index is 12.1. The van der Waals surface area contributed by atoms with E-state index in [-0.39, 0.29) is 28.0 Å². The molecule has 0 saturated carbocycles. The van der Waals surface area contributed by atoms with E-state index in [4.69, 9.17) is 10.4 Å². The summed E-state index contributed by atoms with van der Waals surface area (Å²) in [6, 6.07) is 6.89. The Morgan fingerprint density at radius 2 is 1.85 bits per heavy atom. The number of rotatable bonds is 5. The smallest absolute Gasteiger partial charge is 0.267 e. The van der Waals surface area contributed by atoms with E-state index in [1.807, 2.05) is 0 Å². The number of primary sulfonamides is 1. The largest absolute Gasteiger partial charge is 0.331 e. The summed E-state index contributed by atoms with van der Waals surface area (Å²) >= 11 is 0. The summed E-state index contributed by atoms with van der Waals surface area (Å²) in [5, 5.41) is 22.2. The van der Waals surface area contributed by atoms with Crippen molar-refractivity contribution in [1.29, 1.82) is 5.26 Å². The van der Waals surface area contributed by atoms with Crippen LogP contribution < -0.4 is 21.1 Å². The molecule has 0 radical (unpaired) electrons. The Hall–Kier alpha value is -2.74. The highest BCUT2D eigenvalue weighted by atomic mass is 32.2. The van der Waals surface area contributed by atoms with Crippen LogP contribution in [0.4, 0.5) is 5.69 Å². The van der Waals surface area contributed by atoms with Crippen LogP contribution in [0.3, 0.4) is 0 Å². The third-order valence-electron chi connectivity index (χ3n) is 3.87. The number of hydrogen-bond donors (Lipinski definition) is 4. The quantitative estimate of drug-likeness (QED) is 0.411. The maximum atomic E-state index is 12.1. The van der Waals surface area contributed by atoms with Crippen molar-refractivity contribution < 1.29 is 18.0 Å². The highest BCUT2D eigenvalue weighted by Crippen LogP contribution is 2.14. The Balaban J connectivity index is 1.99. The molecule has 1 saturated heterocycles. The highest BCUT2D eigenvalue weighted by Gasteiger charge is 2.20. The number of anilines is 1. The van der Waals surface area contributed by atoms with Crippen LogP contribution in [-0.2, 0) is 19.6 Å². The molecule has 26 heavy (non-hydrogen) atoms. The molecule has 10 heteroatoms. The Labute approximate surface area is 151 Å². The predicted molar refractivity (Wildman–Crippen MR) is 93.9 cm³/mol. The number of carbonyl (C=O) groups excluding carboxylic acids is 2. The monoisotopic (exact) mass is 377 g/mol. The Bertz CT molecular complexity index is 850. The first kappa shape index (κ1) is 19.6. The molecule has 2 amide bonds. The third kappa shape index (κ3) is 5.38. The van der Waals surface area contributed by atoms with Crippen molar-refractivity contribution in [3.63, 3.8) is 0 Å². The van der Waals surface area contributed by atoms with Crippen molar-refractivity contribution in [3.8, 4) is 6.07 Å². The number of sulfonamides is 1. The summed E-state index contributed by atoms with van der Waals surface area (Å²) in [6.45, 7) is 1.50. The van der Waals surface area contributed by atoms with Gasteiger partial charge >= 0.3 is 0 Å². The van der Waals surface area contributed by atoms with Gasteiger partial charge in [-0.3, -0.25) is 9.59 Å². The fraction of sp³-hybridized carbons (Fsp3) is 0.312. The van der Waals surface area contributed by atoms with Crippen LogP contribution in [-0.4, -0.2) is 33.3 Å². The van der Waals surface area contributed by atoms with E-state index < -0.39 is 15.9 Å². The van der Waals surface area contributed by atoms with E-state index in [2.05, 4.69) is 16.0 Å². The average molecular weight is 377 g/mol. The first-order valence-corrected chi connectivity index (χ1v) is 9.41. The Morgan fingerprint density at radius 3 is 2.38 bits per heavy atom. The number of hydrogen-bond acceptors (Lipinski definition) is 6. The Kier molecular flexibility index (Phi) is 6.46. The molecule has 138 valence electrons. The van der Waals surface area contributed by atoms with Gasteiger partial charge in [0.2, 0.25) is 15.9 Å². The fourth-order valence-electron chi connectivity index (χ4n) is 2.42. The van der Waals surface area contributed by atoms with Crippen molar-refractivity contribution in [1.82, 2.24) is 10.6 Å². The van der Waals surface area contributed by atoms with Gasteiger partial charge in [-0.1, -0.05) is 0 Å². The fourth-order valence-corrected chi connectivity index (χ4v) is 2.94. The summed E-state index contributed by atoms with van der Waals surface area (Å²) in [7, 11) is -3.83. The minimum absolute atomic E-state index is 0.0965. The second-order valence-corrected chi connectivity index (χ2v) is 7.29. The van der Waals surface area contributed by atoms with E-state index in [0.717, 1.165) is 19.3 Å². The normalized spacial score (nSPS) is 15.8. The first-order chi connectivity index (χ1) is 12.3. The van der Waals surface area contributed by atoms with Crippen LogP contribution in [0.25, 0.3) is 0 Å². The molecule has 5 N–H and O–H groups in total. The molecule has 0 spiro atoms. The minimum atomic E-state index is -3.83. The van der Waals surface area contributed by atoms with Gasteiger partial charge in [-0.05, 0) is 50.2 Å². The van der Waals surface area contributed by atoms with Crippen molar-refractivity contribution in [2.45, 2.75) is 17.7 Å². The number of amides is 2. The predicted octanol–water partition coefficient (Wildman–Crippen LogP) is -0.204. The molecule has 1 aromatic carbocycles. The summed E-state index contributed by atoms with van der Waals surface area (Å²) in [5.74, 6) is -1.10. The number of nitrogens with zero attached hydrogens (tertiary/aromatic N) is 1. The van der Waals surface area contributed by atoms with E-state index in [1.165, 1.54) is 24.3 Å². The maximum Gasteiger partial charge on any atom is 0.267 e. The number of benzene rings is 1. The van der Waals surface area contributed by atoms with Crippen LogP contribution >= 0.6 is 0 Å². The van der Waals surface area contributed by atoms with Crippen LogP contribution in [0.5, 0.6) is 0 Å². The number of nitrogens with one attached hydrogen (secondary N) is 3. The lowest BCUT2D eigenvalue weighted by Crippen LogP contribution is -2.36. The van der Waals surface area contributed by atoms with E-state index >= 15 is 0 Å². The molecule has 1 heterocycles. The van der Waals surface area contributed by atoms with Gasteiger partial charge in [0.15, 0.2) is 0 Å². The van der Waals surface area contributed by atoms with Crippen LogP contribution in [0.1, 0.15) is 12.8 Å². The number of carbonyl (C=O) groups is 2. The van der Waals surface area contributed by atoms with Gasteiger partial charge in [0.1, 0.15) is 11.6 Å². The highest BCUT2D eigenvalue weighted by molar-refractivity contribution is 7.89. The van der Waals surface area contributed by atoms with E-state index in [1.54, 1.807) is 6.07 Å². The number of nitrogens with two attached hydrogens (primary N) is 1. The standard InChI is InChI=1S/C16H19N5O4S/c17-9-12(10-20-15(22)11-5-7-19-8-6-11)16(23)21-13-1-3-14(4-2-13)26(18,24)25/h1-4,10-11,19H,5-8H2,(H,20,22)(H,21,23)(H2,18,24,25)/b12-10-. The second-order valence-electron chi connectivity index (χ2n) is 5.73. The van der Waals surface area contributed by atoms with Crippen molar-refractivity contribution in [3.05, 3.63) is 36.0 Å². The summed E-state index contributed by atoms with van der Waals surface area (Å²) < 4.78 is 22.4. The minimum Gasteiger partial charge on any atom is -0.331 e. The molecule has 0 unspecified atom stereocenters. The topological polar surface area (TPSA) is 154 Å². The molecule has 1 aliphatic rings. The number of nitriles is 1. The molecule has 0 atom stereocenters. The molecule has 1 fully saturated rings. The average Bonchev–Trinajstić information content (AvgIpc) is 2.62. The van der Waals surface area contributed by atoms with Crippen LogP contribution in [0.2, 0.25) is 0 Å². The van der Waals surface area contributed by atoms with Crippen molar-refractivity contribution >= 4 is 27.5 Å². The zero-order valence-electron chi connectivity index (χ0n) is 13.9. The molecule has 1 aliphatic heterocycles. The molecular formula is C16H19N5O4S. The molecule has 9 nitrogen and oxygen atoms in total. The molecule has 1 aromatic rings. The lowest BCUT2D eigenvalue weighted by molar-refractivity contribution is -0.124. The zero-order chi connectivity index (χ0) is 19.2. The van der Waals surface area contributed by atoms with E-state index in [9.17, 15) is 18.0 Å². The van der Waals surface area contributed by atoms with Gasteiger partial charge in [0.05, 0.1) is 4.90 Å². The van der Waals surface area contributed by atoms with Gasteiger partial charge in [-0.25, -0.2) is 13.6 Å². The Morgan fingerprint density at radius 1 is 1.23 bits per heavy atom. The van der Waals surface area contributed by atoms with Gasteiger partial charge in [0.25, 0.3) is 5.91 Å². The van der Waals surface area contributed by atoms with Crippen LogP contribution in [0, 0.1) is 17.2 Å². The third-order valence-corrected chi connectivity index (χ3v) is 4.80. The molecule has 0 aliphatic carbocycles. The second kappa shape index (κ2) is 8.57. The molecule has 0 bridgehead atoms.